The Morgan fingerprint density at radius 1 is 1.24 bits per heavy atom. The van der Waals surface area contributed by atoms with Gasteiger partial charge in [0, 0.05) is 21.3 Å². The molecule has 0 fully saturated rings. The molecule has 2 nitrogen and oxygen atoms in total. The lowest BCUT2D eigenvalue weighted by Gasteiger charge is -2.15. The third-order valence-electron chi connectivity index (χ3n) is 3.70. The van der Waals surface area contributed by atoms with Gasteiger partial charge in [0.25, 0.3) is 0 Å². The van der Waals surface area contributed by atoms with Gasteiger partial charge in [-0.25, -0.2) is 0 Å². The number of benzene rings is 2. The van der Waals surface area contributed by atoms with E-state index in [0.717, 1.165) is 25.9 Å². The smallest absolute Gasteiger partial charge is 0.231 e. The van der Waals surface area contributed by atoms with Crippen LogP contribution in [0.15, 0.2) is 36.4 Å². The summed E-state index contributed by atoms with van der Waals surface area (Å²) in [5.74, 6) is 0.116. The third-order valence-corrected chi connectivity index (χ3v) is 5.41. The molecule has 2 aromatic rings. The van der Waals surface area contributed by atoms with Crippen LogP contribution < -0.4 is 4.90 Å². The van der Waals surface area contributed by atoms with Gasteiger partial charge in [-0.05, 0) is 63.5 Å². The Balaban J connectivity index is 2.00. The second kappa shape index (κ2) is 5.78. The van der Waals surface area contributed by atoms with Crippen LogP contribution in [-0.4, -0.2) is 13.0 Å². The number of nitrogens with zero attached hydrogens (tertiary/aromatic N) is 1. The first-order chi connectivity index (χ1) is 9.97. The van der Waals surface area contributed by atoms with Gasteiger partial charge in [0.15, 0.2) is 0 Å². The van der Waals surface area contributed by atoms with Crippen LogP contribution in [0, 0.1) is 3.57 Å². The van der Waals surface area contributed by atoms with Gasteiger partial charge in [-0.3, -0.25) is 4.79 Å². The van der Waals surface area contributed by atoms with E-state index in [1.165, 1.54) is 0 Å². The number of amides is 1. The molecule has 1 aliphatic heterocycles. The Kier molecular flexibility index (Phi) is 4.17. The van der Waals surface area contributed by atoms with Crippen molar-refractivity contribution in [2.75, 3.05) is 11.9 Å². The predicted molar refractivity (Wildman–Crippen MR) is 95.4 cm³/mol. The summed E-state index contributed by atoms with van der Waals surface area (Å²) in [4.78, 5) is 13.4. The van der Waals surface area contributed by atoms with Crippen LogP contribution >= 0.6 is 45.8 Å². The molecule has 5 heteroatoms. The molecule has 0 spiro atoms. The first-order valence-electron chi connectivity index (χ1n) is 6.46. The van der Waals surface area contributed by atoms with Crippen molar-refractivity contribution in [3.05, 3.63) is 61.7 Å². The molecule has 21 heavy (non-hydrogen) atoms. The summed E-state index contributed by atoms with van der Waals surface area (Å²) in [6.45, 7) is 0. The molecule has 0 bridgehead atoms. The number of fused-ring (bicyclic) bond motifs is 1. The monoisotopic (exact) mass is 431 g/mol. The maximum Gasteiger partial charge on any atom is 0.231 e. The highest BCUT2D eigenvalue weighted by Crippen LogP contribution is 2.37. The lowest BCUT2D eigenvalue weighted by atomic mass is 10.0. The summed E-state index contributed by atoms with van der Waals surface area (Å²) in [5, 5.41) is 0.397. The Hall–Kier alpha value is -0.780. The Morgan fingerprint density at radius 3 is 2.76 bits per heavy atom. The number of halogens is 3. The van der Waals surface area contributed by atoms with Gasteiger partial charge in [-0.15, -0.1) is 11.6 Å². The zero-order valence-corrected chi connectivity index (χ0v) is 14.9. The molecule has 0 saturated heterocycles. The average Bonchev–Trinajstić information content (AvgIpc) is 2.75. The molecule has 1 aliphatic rings. The maximum absolute atomic E-state index is 11.8. The molecular formula is C16H12Cl2INO. The normalized spacial score (nSPS) is 15.2. The lowest BCUT2D eigenvalue weighted by molar-refractivity contribution is -0.117. The van der Waals surface area contributed by atoms with E-state index < -0.39 is 0 Å². The largest absolute Gasteiger partial charge is 0.315 e. The Bertz CT molecular complexity index is 732. The summed E-state index contributed by atoms with van der Waals surface area (Å²) in [7, 11) is 1.80. The molecule has 3 rings (SSSR count). The topological polar surface area (TPSA) is 20.3 Å². The minimum absolute atomic E-state index is 0.116. The fourth-order valence-corrected chi connectivity index (χ4v) is 3.86. The molecule has 0 aliphatic carbocycles. The van der Waals surface area contributed by atoms with Gasteiger partial charge in [0.05, 0.1) is 11.8 Å². The van der Waals surface area contributed by atoms with Gasteiger partial charge in [-0.2, -0.15) is 0 Å². The summed E-state index contributed by atoms with van der Waals surface area (Å²) in [6, 6.07) is 11.7. The van der Waals surface area contributed by atoms with Crippen molar-refractivity contribution in [2.24, 2.45) is 0 Å². The van der Waals surface area contributed by atoms with Gasteiger partial charge in [0.1, 0.15) is 0 Å². The molecule has 0 aromatic heterocycles. The minimum Gasteiger partial charge on any atom is -0.315 e. The van der Waals surface area contributed by atoms with E-state index in [2.05, 4.69) is 22.6 Å². The zero-order valence-electron chi connectivity index (χ0n) is 11.2. The van der Waals surface area contributed by atoms with Gasteiger partial charge >= 0.3 is 0 Å². The van der Waals surface area contributed by atoms with E-state index in [-0.39, 0.29) is 11.3 Å². The Labute approximate surface area is 147 Å². The molecule has 2 aromatic carbocycles. The number of hydrogen-bond donors (Lipinski definition) is 0. The molecule has 1 heterocycles. The molecule has 1 amide bonds. The zero-order chi connectivity index (χ0) is 15.1. The number of rotatable bonds is 2. The van der Waals surface area contributed by atoms with E-state index >= 15 is 0 Å². The fourth-order valence-electron chi connectivity index (χ4n) is 2.54. The minimum atomic E-state index is -0.276. The maximum atomic E-state index is 11.8. The van der Waals surface area contributed by atoms with Crippen LogP contribution in [0.25, 0.3) is 0 Å². The first-order valence-corrected chi connectivity index (χ1v) is 8.35. The van der Waals surface area contributed by atoms with Gasteiger partial charge < -0.3 is 4.90 Å². The number of anilines is 1. The average molecular weight is 432 g/mol. The lowest BCUT2D eigenvalue weighted by Crippen LogP contribution is -2.20. The van der Waals surface area contributed by atoms with Crippen LogP contribution in [0.4, 0.5) is 5.69 Å². The van der Waals surface area contributed by atoms with Crippen molar-refractivity contribution in [3.8, 4) is 0 Å². The third kappa shape index (κ3) is 2.79. The van der Waals surface area contributed by atoms with Crippen molar-refractivity contribution < 1.29 is 4.79 Å². The SMILES string of the molecule is CN1C(=O)Cc2cc(C(Cl)c3cc(Cl)ccc3I)ccc21. The summed E-state index contributed by atoms with van der Waals surface area (Å²) < 4.78 is 1.07. The predicted octanol–water partition coefficient (Wildman–Crippen LogP) is 4.79. The molecule has 0 radical (unpaired) electrons. The quantitative estimate of drug-likeness (QED) is 0.494. The van der Waals surface area contributed by atoms with Crippen molar-refractivity contribution in [1.82, 2.24) is 0 Å². The highest BCUT2D eigenvalue weighted by atomic mass is 127. The van der Waals surface area contributed by atoms with E-state index in [9.17, 15) is 4.79 Å². The molecule has 0 saturated carbocycles. The van der Waals surface area contributed by atoms with Crippen LogP contribution in [0.5, 0.6) is 0 Å². The van der Waals surface area contributed by atoms with Crippen LogP contribution in [0.1, 0.15) is 22.1 Å². The molecule has 0 N–H and O–H groups in total. The molecular weight excluding hydrogens is 420 g/mol. The van der Waals surface area contributed by atoms with E-state index in [4.69, 9.17) is 23.2 Å². The number of carbonyl (C=O) groups excluding carboxylic acids is 1. The van der Waals surface area contributed by atoms with E-state index in [0.29, 0.717) is 11.4 Å². The number of likely N-dealkylation sites (N-methyl/N-ethyl adjacent to an activating group) is 1. The summed E-state index contributed by atoms with van der Waals surface area (Å²) in [6.07, 6.45) is 0.440. The second-order valence-corrected chi connectivity index (χ2v) is 7.08. The van der Waals surface area contributed by atoms with E-state index in [1.54, 1.807) is 11.9 Å². The second-order valence-electron chi connectivity index (χ2n) is 5.05. The molecule has 1 unspecified atom stereocenters. The molecule has 1 atom stereocenters. The Morgan fingerprint density at radius 2 is 2.00 bits per heavy atom. The highest BCUT2D eigenvalue weighted by molar-refractivity contribution is 14.1. The standard InChI is InChI=1S/C16H12Cl2INO/c1-20-14-5-2-9(6-10(14)7-15(20)21)16(18)12-8-11(17)3-4-13(12)19/h2-6,8,16H,7H2,1H3. The van der Waals surface area contributed by atoms with Crippen molar-refractivity contribution in [1.29, 1.82) is 0 Å². The van der Waals surface area contributed by atoms with Gasteiger partial charge in [-0.1, -0.05) is 23.7 Å². The van der Waals surface area contributed by atoms with E-state index in [1.807, 2.05) is 36.4 Å². The summed E-state index contributed by atoms with van der Waals surface area (Å²) >= 11 is 14.9. The van der Waals surface area contributed by atoms with Crippen molar-refractivity contribution >= 4 is 57.4 Å². The van der Waals surface area contributed by atoms with Crippen LogP contribution in [0.2, 0.25) is 5.02 Å². The number of alkyl halides is 1. The van der Waals surface area contributed by atoms with Crippen LogP contribution in [0.3, 0.4) is 0 Å². The summed E-state index contributed by atoms with van der Waals surface area (Å²) in [5.41, 5.74) is 3.97. The van der Waals surface area contributed by atoms with Crippen LogP contribution in [-0.2, 0) is 11.2 Å². The highest BCUT2D eigenvalue weighted by Gasteiger charge is 2.25. The number of carbonyl (C=O) groups is 1. The van der Waals surface area contributed by atoms with Crippen molar-refractivity contribution in [3.63, 3.8) is 0 Å². The van der Waals surface area contributed by atoms with Crippen molar-refractivity contribution in [2.45, 2.75) is 11.8 Å². The number of hydrogen-bond acceptors (Lipinski definition) is 1. The first kappa shape index (κ1) is 15.1. The molecule has 108 valence electrons. The fraction of sp³-hybridized carbons (Fsp3) is 0.188. The van der Waals surface area contributed by atoms with Gasteiger partial charge in [0.2, 0.25) is 5.91 Å².